The van der Waals surface area contributed by atoms with Crippen LogP contribution in [-0.4, -0.2) is 4.57 Å². The zero-order valence-electron chi connectivity index (χ0n) is 10.9. The summed E-state index contributed by atoms with van der Waals surface area (Å²) in [7, 11) is 2.06. The molecule has 1 aromatic carbocycles. The van der Waals surface area contributed by atoms with E-state index in [9.17, 15) is 0 Å². The number of H-pyrrole nitrogens is 1. The van der Waals surface area contributed by atoms with Gasteiger partial charge < -0.3 is 4.98 Å². The number of hydrogen-bond acceptors (Lipinski definition) is 0. The van der Waals surface area contributed by atoms with Crippen molar-refractivity contribution in [3.63, 3.8) is 0 Å². The molecular formula is C15H16N3+. The Hall–Kier alpha value is -2.16. The van der Waals surface area contributed by atoms with Crippen LogP contribution >= 0.6 is 0 Å². The number of nitrogens with zero attached hydrogens (tertiary/aromatic N) is 2. The average Bonchev–Trinajstić information content (AvgIpc) is 2.68. The lowest BCUT2D eigenvalue weighted by Crippen LogP contribution is -2.26. The third-order valence-corrected chi connectivity index (χ3v) is 3.20. The summed E-state index contributed by atoms with van der Waals surface area (Å²) in [6, 6.07) is 10.6. The highest BCUT2D eigenvalue weighted by atomic mass is 15.2. The summed E-state index contributed by atoms with van der Waals surface area (Å²) in [4.78, 5) is 3.24. The molecule has 0 unspecified atom stereocenters. The van der Waals surface area contributed by atoms with Crippen LogP contribution in [0.3, 0.4) is 0 Å². The molecule has 0 saturated heterocycles. The Morgan fingerprint density at radius 3 is 2.61 bits per heavy atom. The quantitative estimate of drug-likeness (QED) is 0.455. The molecule has 3 aromatic rings. The number of pyridine rings is 1. The van der Waals surface area contributed by atoms with Gasteiger partial charge in [0.2, 0.25) is 12.0 Å². The molecule has 18 heavy (non-hydrogen) atoms. The number of benzene rings is 1. The number of aryl methyl sites for hydroxylation is 3. The molecule has 0 spiro atoms. The molecule has 0 fully saturated rings. The molecule has 0 amide bonds. The summed E-state index contributed by atoms with van der Waals surface area (Å²) in [6.45, 7) is 4.14. The van der Waals surface area contributed by atoms with Gasteiger partial charge in [0.25, 0.3) is 0 Å². The van der Waals surface area contributed by atoms with Crippen LogP contribution in [0.5, 0.6) is 0 Å². The molecule has 90 valence electrons. The van der Waals surface area contributed by atoms with E-state index in [1.807, 2.05) is 6.92 Å². The molecule has 3 rings (SSSR count). The summed E-state index contributed by atoms with van der Waals surface area (Å²) in [5.74, 6) is 0. The minimum absolute atomic E-state index is 1.06. The number of aromatic amines is 1. The van der Waals surface area contributed by atoms with Crippen molar-refractivity contribution in [3.05, 3.63) is 54.0 Å². The second-order valence-corrected chi connectivity index (χ2v) is 4.74. The van der Waals surface area contributed by atoms with Crippen molar-refractivity contribution in [2.24, 2.45) is 7.05 Å². The Kier molecular flexibility index (Phi) is 2.40. The first-order valence-electron chi connectivity index (χ1n) is 6.03. The van der Waals surface area contributed by atoms with Gasteiger partial charge in [-0.1, -0.05) is 24.6 Å². The molecule has 0 aliphatic rings. The van der Waals surface area contributed by atoms with Gasteiger partial charge in [0.05, 0.1) is 7.05 Å². The van der Waals surface area contributed by atoms with Crippen molar-refractivity contribution >= 4 is 11.2 Å². The van der Waals surface area contributed by atoms with E-state index in [4.69, 9.17) is 0 Å². The van der Waals surface area contributed by atoms with Crippen molar-refractivity contribution in [3.8, 4) is 5.69 Å². The number of hydrogen-bond donors (Lipinski definition) is 0. The Bertz CT molecular complexity index is 708. The largest absolute Gasteiger partial charge is 0.349 e. The minimum atomic E-state index is 1.06. The van der Waals surface area contributed by atoms with Crippen LogP contribution < -0.4 is 9.55 Å². The minimum Gasteiger partial charge on any atom is -0.349 e. The molecule has 0 saturated carbocycles. The van der Waals surface area contributed by atoms with Crippen LogP contribution in [0.15, 0.2) is 36.7 Å². The SMILES string of the molecule is Cc1[c-][nH+]c2c(c1)[n+](C)cn2-c1ccc(C)cc1. The Morgan fingerprint density at radius 1 is 1.17 bits per heavy atom. The Morgan fingerprint density at radius 2 is 1.89 bits per heavy atom. The van der Waals surface area contributed by atoms with Crippen molar-refractivity contribution in [1.29, 1.82) is 0 Å². The predicted octanol–water partition coefficient (Wildman–Crippen LogP) is 1.69. The second-order valence-electron chi connectivity index (χ2n) is 4.74. The van der Waals surface area contributed by atoms with Crippen molar-refractivity contribution in [2.45, 2.75) is 13.8 Å². The second kappa shape index (κ2) is 3.95. The molecule has 0 bridgehead atoms. The van der Waals surface area contributed by atoms with E-state index >= 15 is 0 Å². The molecule has 0 aliphatic carbocycles. The van der Waals surface area contributed by atoms with Crippen LogP contribution in [0.4, 0.5) is 0 Å². The molecule has 2 aromatic heterocycles. The van der Waals surface area contributed by atoms with E-state index in [0.29, 0.717) is 0 Å². The third-order valence-electron chi connectivity index (χ3n) is 3.20. The number of imidazole rings is 1. The summed E-state index contributed by atoms with van der Waals surface area (Å²) < 4.78 is 4.26. The summed E-state index contributed by atoms with van der Waals surface area (Å²) in [5, 5.41) is 0. The monoisotopic (exact) mass is 238 g/mol. The van der Waals surface area contributed by atoms with Gasteiger partial charge in [0.15, 0.2) is 0 Å². The van der Waals surface area contributed by atoms with Crippen LogP contribution in [0, 0.1) is 20.0 Å². The fraction of sp³-hybridized carbons (Fsp3) is 0.200. The number of nitrogens with one attached hydrogen (secondary N) is 1. The van der Waals surface area contributed by atoms with E-state index in [1.54, 1.807) is 0 Å². The van der Waals surface area contributed by atoms with E-state index < -0.39 is 0 Å². The van der Waals surface area contributed by atoms with Gasteiger partial charge in [0.1, 0.15) is 11.2 Å². The first kappa shape index (κ1) is 11.0. The molecule has 0 radical (unpaired) electrons. The zero-order chi connectivity index (χ0) is 12.7. The lowest BCUT2D eigenvalue weighted by molar-refractivity contribution is -0.646. The number of aromatic nitrogens is 3. The van der Waals surface area contributed by atoms with Gasteiger partial charge in [-0.25, -0.2) is 4.57 Å². The standard InChI is InChI=1S/C15H16N3/c1-11-4-6-13(7-5-11)18-10-17(3)14-8-12(2)9-16-15(14)18/h4-8,10,16H,1-3H3/q+1. The highest BCUT2D eigenvalue weighted by Crippen LogP contribution is 2.14. The number of fused-ring (bicyclic) bond motifs is 1. The van der Waals surface area contributed by atoms with E-state index in [0.717, 1.165) is 16.9 Å². The van der Waals surface area contributed by atoms with Gasteiger partial charge in [-0.05, 0) is 19.1 Å². The van der Waals surface area contributed by atoms with E-state index in [-0.39, 0.29) is 0 Å². The van der Waals surface area contributed by atoms with E-state index in [1.165, 1.54) is 11.1 Å². The van der Waals surface area contributed by atoms with Crippen molar-refractivity contribution in [1.82, 2.24) is 4.57 Å². The molecule has 0 atom stereocenters. The smallest absolute Gasteiger partial charge is 0.239 e. The van der Waals surface area contributed by atoms with Gasteiger partial charge in [-0.2, -0.15) is 0 Å². The number of rotatable bonds is 1. The molecule has 2 heterocycles. The third kappa shape index (κ3) is 1.68. The fourth-order valence-electron chi connectivity index (χ4n) is 2.18. The van der Waals surface area contributed by atoms with Crippen LogP contribution in [0.25, 0.3) is 16.9 Å². The van der Waals surface area contributed by atoms with Gasteiger partial charge >= 0.3 is 0 Å². The molecule has 1 N–H and O–H groups in total. The average molecular weight is 238 g/mol. The van der Waals surface area contributed by atoms with Gasteiger partial charge in [-0.3, -0.25) is 4.57 Å². The summed E-state index contributed by atoms with van der Waals surface area (Å²) in [5.41, 5.74) is 5.77. The van der Waals surface area contributed by atoms with Crippen LogP contribution in [-0.2, 0) is 7.05 Å². The molecule has 3 nitrogen and oxygen atoms in total. The van der Waals surface area contributed by atoms with Crippen molar-refractivity contribution < 1.29 is 9.55 Å². The highest BCUT2D eigenvalue weighted by Gasteiger charge is 2.11. The van der Waals surface area contributed by atoms with Gasteiger partial charge in [-0.15, -0.1) is 11.6 Å². The predicted molar refractivity (Wildman–Crippen MR) is 69.3 cm³/mol. The maximum atomic E-state index is 3.24. The van der Waals surface area contributed by atoms with Crippen LogP contribution in [0.2, 0.25) is 0 Å². The lowest BCUT2D eigenvalue weighted by atomic mass is 10.2. The topological polar surface area (TPSA) is 22.9 Å². The van der Waals surface area contributed by atoms with Crippen molar-refractivity contribution in [2.75, 3.05) is 0 Å². The molecule has 3 heteroatoms. The van der Waals surface area contributed by atoms with E-state index in [2.05, 4.69) is 70.9 Å². The molecule has 0 aliphatic heterocycles. The summed E-state index contributed by atoms with van der Waals surface area (Å²) >= 11 is 0. The Balaban J connectivity index is 2.26. The normalized spacial score (nSPS) is 11.1. The molecular weight excluding hydrogens is 222 g/mol. The summed E-state index contributed by atoms with van der Waals surface area (Å²) in [6.07, 6.45) is 5.23. The highest BCUT2D eigenvalue weighted by molar-refractivity contribution is 5.66. The first-order valence-corrected chi connectivity index (χ1v) is 6.03. The van der Waals surface area contributed by atoms with Gasteiger partial charge in [0, 0.05) is 6.20 Å². The zero-order valence-corrected chi connectivity index (χ0v) is 10.9. The lowest BCUT2D eigenvalue weighted by Gasteiger charge is -2.01. The Labute approximate surface area is 106 Å². The van der Waals surface area contributed by atoms with Crippen LogP contribution in [0.1, 0.15) is 11.1 Å². The first-order chi connectivity index (χ1) is 8.65. The fourth-order valence-corrected chi connectivity index (χ4v) is 2.18. The maximum Gasteiger partial charge on any atom is 0.239 e. The maximum absolute atomic E-state index is 3.24.